The minimum absolute atomic E-state index is 0.0905. The number of benzene rings is 1. The van der Waals surface area contributed by atoms with Crippen LogP contribution in [-0.4, -0.2) is 56.5 Å². The van der Waals surface area contributed by atoms with Gasteiger partial charge in [-0.25, -0.2) is 4.39 Å². The molecule has 1 saturated heterocycles. The molecule has 0 bridgehead atoms. The van der Waals surface area contributed by atoms with E-state index in [1.165, 1.54) is 11.0 Å². The molecule has 0 N–H and O–H groups in total. The summed E-state index contributed by atoms with van der Waals surface area (Å²) in [6.07, 6.45) is 0.975. The number of amides is 1. The Morgan fingerprint density at radius 1 is 1.29 bits per heavy atom. The lowest BCUT2D eigenvalue weighted by molar-refractivity contribution is -0.134. The molecular formula is C17H20FNO5. The minimum atomic E-state index is -0.505. The molecule has 0 spiro atoms. The second-order valence-corrected chi connectivity index (χ2v) is 5.55. The molecule has 0 radical (unpaired) electrons. The van der Waals surface area contributed by atoms with Crippen molar-refractivity contribution in [2.75, 3.05) is 39.6 Å². The maximum Gasteiger partial charge on any atom is 0.246 e. The van der Waals surface area contributed by atoms with Gasteiger partial charge in [-0.3, -0.25) is 4.79 Å². The molecule has 0 saturated carbocycles. The number of hydrogen-bond acceptors (Lipinski definition) is 5. The molecule has 0 aromatic heterocycles. The van der Waals surface area contributed by atoms with Crippen molar-refractivity contribution in [1.82, 2.24) is 4.90 Å². The van der Waals surface area contributed by atoms with Gasteiger partial charge in [0.2, 0.25) is 5.91 Å². The molecule has 1 unspecified atom stereocenters. The molecule has 6 nitrogen and oxygen atoms in total. The van der Waals surface area contributed by atoms with E-state index in [9.17, 15) is 9.18 Å². The van der Waals surface area contributed by atoms with E-state index in [0.29, 0.717) is 50.9 Å². The van der Waals surface area contributed by atoms with E-state index in [4.69, 9.17) is 18.9 Å². The van der Waals surface area contributed by atoms with Crippen molar-refractivity contribution in [3.63, 3.8) is 0 Å². The molecule has 1 aromatic rings. The van der Waals surface area contributed by atoms with Gasteiger partial charge in [0.05, 0.1) is 25.9 Å². The van der Waals surface area contributed by atoms with Gasteiger partial charge in [-0.2, -0.15) is 0 Å². The predicted molar refractivity (Wildman–Crippen MR) is 83.6 cm³/mol. The summed E-state index contributed by atoms with van der Waals surface area (Å²) in [4.78, 5) is 13.6. The second-order valence-electron chi connectivity index (χ2n) is 5.55. The van der Waals surface area contributed by atoms with E-state index in [1.807, 2.05) is 0 Å². The summed E-state index contributed by atoms with van der Waals surface area (Å²) in [6, 6.07) is 3.26. The van der Waals surface area contributed by atoms with Crippen molar-refractivity contribution in [3.8, 4) is 11.5 Å². The smallest absolute Gasteiger partial charge is 0.246 e. The van der Waals surface area contributed by atoms with E-state index in [2.05, 4.69) is 6.58 Å². The van der Waals surface area contributed by atoms with Crippen molar-refractivity contribution in [3.05, 3.63) is 36.2 Å². The highest BCUT2D eigenvalue weighted by Crippen LogP contribution is 2.35. The largest absolute Gasteiger partial charge is 0.486 e. The number of hydrogen-bond donors (Lipinski definition) is 0. The van der Waals surface area contributed by atoms with Gasteiger partial charge in [0, 0.05) is 18.7 Å². The fraction of sp³-hybridized carbons (Fsp3) is 0.471. The first kappa shape index (κ1) is 16.7. The molecule has 0 aliphatic carbocycles. The number of carbonyl (C=O) groups excluding carboxylic acids is 1. The van der Waals surface area contributed by atoms with E-state index < -0.39 is 5.82 Å². The molecular weight excluding hydrogens is 317 g/mol. The van der Waals surface area contributed by atoms with Gasteiger partial charge >= 0.3 is 0 Å². The van der Waals surface area contributed by atoms with Crippen LogP contribution in [0, 0.1) is 5.82 Å². The Balaban J connectivity index is 1.76. The zero-order valence-electron chi connectivity index (χ0n) is 13.3. The third kappa shape index (κ3) is 3.68. The summed E-state index contributed by atoms with van der Waals surface area (Å²) in [5.41, 5.74) is 0.353. The maximum atomic E-state index is 14.6. The van der Waals surface area contributed by atoms with Gasteiger partial charge in [-0.05, 0) is 12.1 Å². The Bertz CT molecular complexity index is 615. The van der Waals surface area contributed by atoms with Crippen LogP contribution in [0.5, 0.6) is 11.5 Å². The van der Waals surface area contributed by atoms with Crippen LogP contribution in [0.1, 0.15) is 5.56 Å². The average Bonchev–Trinajstić information content (AvgIpc) is 2.63. The van der Waals surface area contributed by atoms with E-state index in [-0.39, 0.29) is 24.3 Å². The molecule has 1 atom stereocenters. The van der Waals surface area contributed by atoms with Gasteiger partial charge in [-0.1, -0.05) is 12.6 Å². The van der Waals surface area contributed by atoms with Crippen LogP contribution in [0.25, 0.3) is 0 Å². The third-order valence-electron chi connectivity index (χ3n) is 3.88. The maximum absolute atomic E-state index is 14.6. The summed E-state index contributed by atoms with van der Waals surface area (Å²) in [7, 11) is 0. The lowest BCUT2D eigenvalue weighted by Crippen LogP contribution is -2.42. The van der Waals surface area contributed by atoms with Crippen LogP contribution in [0.2, 0.25) is 0 Å². The fourth-order valence-electron chi connectivity index (χ4n) is 2.70. The molecule has 2 heterocycles. The molecule has 1 aromatic carbocycles. The van der Waals surface area contributed by atoms with Crippen molar-refractivity contribution < 1.29 is 28.1 Å². The Morgan fingerprint density at radius 2 is 2.12 bits per heavy atom. The van der Waals surface area contributed by atoms with Crippen molar-refractivity contribution in [2.24, 2.45) is 0 Å². The summed E-state index contributed by atoms with van der Waals surface area (Å²) in [6.45, 7) is 6.04. The van der Waals surface area contributed by atoms with Gasteiger partial charge in [-0.15, -0.1) is 0 Å². The number of nitrogens with zero attached hydrogens (tertiary/aromatic N) is 1. The normalized spacial score (nSPS) is 19.6. The Hall–Kier alpha value is -2.12. The number of ether oxygens (including phenoxy) is 4. The average molecular weight is 337 g/mol. The van der Waals surface area contributed by atoms with Crippen LogP contribution in [-0.2, 0) is 20.8 Å². The van der Waals surface area contributed by atoms with Gasteiger partial charge < -0.3 is 23.8 Å². The Labute approximate surface area is 139 Å². The van der Waals surface area contributed by atoms with Gasteiger partial charge in [0.15, 0.2) is 17.3 Å². The highest BCUT2D eigenvalue weighted by Gasteiger charge is 2.24. The highest BCUT2D eigenvalue weighted by molar-refractivity contribution is 5.87. The molecule has 7 heteroatoms. The van der Waals surface area contributed by atoms with Crippen molar-refractivity contribution in [1.29, 1.82) is 0 Å². The highest BCUT2D eigenvalue weighted by atomic mass is 19.1. The van der Waals surface area contributed by atoms with Gasteiger partial charge in [0.1, 0.15) is 13.2 Å². The topological polar surface area (TPSA) is 57.2 Å². The zero-order valence-corrected chi connectivity index (χ0v) is 13.3. The molecule has 1 amide bonds. The Kier molecular flexibility index (Phi) is 5.32. The number of rotatable bonds is 5. The number of halogens is 1. The zero-order chi connectivity index (χ0) is 16.9. The molecule has 130 valence electrons. The number of carbonyl (C=O) groups is 1. The monoisotopic (exact) mass is 337 g/mol. The first-order valence-electron chi connectivity index (χ1n) is 7.86. The second kappa shape index (κ2) is 7.63. The SMILES string of the molecule is C=CC(=O)N(Cc1ccc2c(c1F)OCCO2)CC1COCCO1. The van der Waals surface area contributed by atoms with Crippen LogP contribution in [0.15, 0.2) is 24.8 Å². The summed E-state index contributed by atoms with van der Waals surface area (Å²) in [5, 5.41) is 0. The molecule has 2 aliphatic heterocycles. The predicted octanol–water partition coefficient (Wildman–Crippen LogP) is 1.53. The van der Waals surface area contributed by atoms with Crippen molar-refractivity contribution in [2.45, 2.75) is 12.6 Å². The minimum Gasteiger partial charge on any atom is -0.486 e. The molecule has 24 heavy (non-hydrogen) atoms. The summed E-state index contributed by atoms with van der Waals surface area (Å²) < 4.78 is 36.3. The van der Waals surface area contributed by atoms with E-state index in [0.717, 1.165) is 0 Å². The van der Waals surface area contributed by atoms with Gasteiger partial charge in [0.25, 0.3) is 0 Å². The standard InChI is InChI=1S/C17H20FNO5/c1-2-15(20)19(10-13-11-21-5-6-22-13)9-12-3-4-14-17(16(12)18)24-8-7-23-14/h2-4,13H,1,5-11H2. The molecule has 3 rings (SSSR count). The first-order chi connectivity index (χ1) is 11.7. The summed E-state index contributed by atoms with van der Waals surface area (Å²) in [5.74, 6) is -0.316. The quantitative estimate of drug-likeness (QED) is 0.763. The first-order valence-corrected chi connectivity index (χ1v) is 7.86. The van der Waals surface area contributed by atoms with Crippen LogP contribution >= 0.6 is 0 Å². The number of fused-ring (bicyclic) bond motifs is 1. The lowest BCUT2D eigenvalue weighted by Gasteiger charge is -2.30. The van der Waals surface area contributed by atoms with Crippen molar-refractivity contribution >= 4 is 5.91 Å². The van der Waals surface area contributed by atoms with Crippen LogP contribution < -0.4 is 9.47 Å². The molecule has 2 aliphatic rings. The Morgan fingerprint density at radius 3 is 2.88 bits per heavy atom. The third-order valence-corrected chi connectivity index (χ3v) is 3.88. The molecule has 1 fully saturated rings. The van der Waals surface area contributed by atoms with E-state index >= 15 is 0 Å². The summed E-state index contributed by atoms with van der Waals surface area (Å²) >= 11 is 0. The lowest BCUT2D eigenvalue weighted by atomic mass is 10.1. The van der Waals surface area contributed by atoms with Crippen LogP contribution in [0.3, 0.4) is 0 Å². The van der Waals surface area contributed by atoms with E-state index in [1.54, 1.807) is 12.1 Å². The fourth-order valence-corrected chi connectivity index (χ4v) is 2.70. The van der Waals surface area contributed by atoms with Crippen LogP contribution in [0.4, 0.5) is 4.39 Å².